The summed E-state index contributed by atoms with van der Waals surface area (Å²) >= 11 is 2.76. The van der Waals surface area contributed by atoms with Crippen molar-refractivity contribution in [1.29, 1.82) is 0 Å². The number of hydrogen-bond donors (Lipinski definition) is 2. The van der Waals surface area contributed by atoms with Gasteiger partial charge in [0.05, 0.1) is 15.9 Å². The Bertz CT molecular complexity index is 1140. The quantitative estimate of drug-likeness (QED) is 0.467. The van der Waals surface area contributed by atoms with Crippen LogP contribution in [0.1, 0.15) is 9.80 Å². The summed E-state index contributed by atoms with van der Waals surface area (Å²) in [6, 6.07) is 11.5. The summed E-state index contributed by atoms with van der Waals surface area (Å²) < 4.78 is 32.7. The molecule has 30 heavy (non-hydrogen) atoms. The van der Waals surface area contributed by atoms with E-state index in [2.05, 4.69) is 20.3 Å². The second-order valence-electron chi connectivity index (χ2n) is 5.52. The van der Waals surface area contributed by atoms with Crippen LogP contribution in [0.3, 0.4) is 0 Å². The van der Waals surface area contributed by atoms with E-state index in [1.165, 1.54) is 22.7 Å². The van der Waals surface area contributed by atoms with Crippen LogP contribution < -0.4 is 5.32 Å². The van der Waals surface area contributed by atoms with Gasteiger partial charge in [0.2, 0.25) is 0 Å². The molecule has 0 unspecified atom stereocenters. The average molecular weight is 452 g/mol. The lowest BCUT2D eigenvalue weighted by Gasteiger charge is -1.97. The summed E-state index contributed by atoms with van der Waals surface area (Å²) in [5.41, 5.74) is 2.62. The predicted octanol–water partition coefficient (Wildman–Crippen LogP) is 4.70. The third-order valence-electron chi connectivity index (χ3n) is 3.43. The number of carbonyl (C=O) groups is 2. The molecule has 4 rings (SSSR count). The normalized spacial score (nSPS) is 10.9. The van der Waals surface area contributed by atoms with Crippen molar-refractivity contribution in [3.8, 4) is 11.3 Å². The Kier molecular flexibility index (Phi) is 6.37. The van der Waals surface area contributed by atoms with Gasteiger partial charge in [-0.1, -0.05) is 12.1 Å². The van der Waals surface area contributed by atoms with Crippen LogP contribution in [-0.4, -0.2) is 38.1 Å². The number of carboxylic acids is 1. The first-order valence-corrected chi connectivity index (χ1v) is 9.76. The van der Waals surface area contributed by atoms with E-state index in [0.717, 1.165) is 21.5 Å². The number of pyridine rings is 1. The van der Waals surface area contributed by atoms with E-state index in [1.54, 1.807) is 12.4 Å². The SMILES string of the molecule is O=C(Nc1nc(-c2ccncc2)cs1)c1nc2ccccc2s1.O=C(O)C(F)(F)F. The molecule has 0 spiro atoms. The number of carbonyl (C=O) groups excluding carboxylic acids is 1. The van der Waals surface area contributed by atoms with Crippen LogP contribution in [0, 0.1) is 0 Å². The fourth-order valence-corrected chi connectivity index (χ4v) is 3.68. The van der Waals surface area contributed by atoms with E-state index in [9.17, 15) is 18.0 Å². The highest BCUT2D eigenvalue weighted by atomic mass is 32.1. The van der Waals surface area contributed by atoms with Gasteiger partial charge in [0, 0.05) is 23.3 Å². The largest absolute Gasteiger partial charge is 0.490 e. The first-order chi connectivity index (χ1) is 14.2. The molecule has 0 saturated carbocycles. The Morgan fingerprint density at radius 1 is 1.03 bits per heavy atom. The molecule has 0 radical (unpaired) electrons. The maximum absolute atomic E-state index is 12.3. The predicted molar refractivity (Wildman–Crippen MR) is 107 cm³/mol. The maximum atomic E-state index is 12.3. The van der Waals surface area contributed by atoms with Crippen LogP contribution in [0.5, 0.6) is 0 Å². The molecule has 3 heterocycles. The number of anilines is 1. The summed E-state index contributed by atoms with van der Waals surface area (Å²) in [7, 11) is 0. The smallest absolute Gasteiger partial charge is 0.475 e. The van der Waals surface area contributed by atoms with Gasteiger partial charge in [-0.3, -0.25) is 15.1 Å². The Balaban J connectivity index is 0.000000318. The van der Waals surface area contributed by atoms with Crippen molar-refractivity contribution in [2.75, 3.05) is 5.32 Å². The minimum absolute atomic E-state index is 0.234. The van der Waals surface area contributed by atoms with E-state index in [1.807, 2.05) is 41.8 Å². The first-order valence-electron chi connectivity index (χ1n) is 8.07. The van der Waals surface area contributed by atoms with Crippen molar-refractivity contribution in [3.63, 3.8) is 0 Å². The van der Waals surface area contributed by atoms with Crippen molar-refractivity contribution in [3.05, 3.63) is 59.2 Å². The Labute approximate surface area is 174 Å². The summed E-state index contributed by atoms with van der Waals surface area (Å²) in [5, 5.41) is 12.8. The van der Waals surface area contributed by atoms with Crippen molar-refractivity contribution in [1.82, 2.24) is 15.0 Å². The van der Waals surface area contributed by atoms with Crippen molar-refractivity contribution in [2.45, 2.75) is 6.18 Å². The molecule has 0 saturated heterocycles. The first kappa shape index (κ1) is 21.3. The topological polar surface area (TPSA) is 105 Å². The molecule has 3 aromatic heterocycles. The third kappa shape index (κ3) is 5.36. The Hall–Kier alpha value is -3.38. The fraction of sp³-hybridized carbons (Fsp3) is 0.0556. The number of alkyl halides is 3. The number of halogens is 3. The molecule has 0 aliphatic carbocycles. The fourth-order valence-electron chi connectivity index (χ4n) is 2.11. The van der Waals surface area contributed by atoms with Crippen molar-refractivity contribution >= 4 is 49.9 Å². The third-order valence-corrected chi connectivity index (χ3v) is 5.22. The van der Waals surface area contributed by atoms with Crippen LogP contribution in [-0.2, 0) is 4.79 Å². The van der Waals surface area contributed by atoms with Gasteiger partial charge in [0.1, 0.15) is 0 Å². The zero-order valence-electron chi connectivity index (χ0n) is 14.8. The second-order valence-corrected chi connectivity index (χ2v) is 7.41. The lowest BCUT2D eigenvalue weighted by atomic mass is 10.2. The second kappa shape index (κ2) is 8.97. The summed E-state index contributed by atoms with van der Waals surface area (Å²) in [4.78, 5) is 34.0. The highest BCUT2D eigenvalue weighted by Crippen LogP contribution is 2.26. The number of rotatable bonds is 3. The van der Waals surface area contributed by atoms with Gasteiger partial charge in [0.25, 0.3) is 5.91 Å². The number of hydrogen-bond acceptors (Lipinski definition) is 7. The number of para-hydroxylation sites is 1. The van der Waals surface area contributed by atoms with E-state index < -0.39 is 12.1 Å². The van der Waals surface area contributed by atoms with Gasteiger partial charge in [-0.2, -0.15) is 13.2 Å². The Morgan fingerprint density at radius 2 is 1.70 bits per heavy atom. The standard InChI is InChI=1S/C16H10N4OS2.C2HF3O2/c21-14(15-18-11-3-1-2-4-13(11)23-15)20-16-19-12(9-22-16)10-5-7-17-8-6-10;3-2(4,5)1(6)7/h1-9H,(H,19,20,21);(H,6,7). The zero-order chi connectivity index (χ0) is 21.7. The Morgan fingerprint density at radius 3 is 2.33 bits per heavy atom. The molecule has 0 aliphatic rings. The molecule has 1 amide bonds. The molecule has 2 N–H and O–H groups in total. The molecular formula is C18H11F3N4O3S2. The van der Waals surface area contributed by atoms with Gasteiger partial charge in [-0.05, 0) is 24.3 Å². The molecule has 154 valence electrons. The van der Waals surface area contributed by atoms with E-state index in [-0.39, 0.29) is 5.91 Å². The molecule has 0 aliphatic heterocycles. The molecule has 0 atom stereocenters. The molecule has 7 nitrogen and oxygen atoms in total. The van der Waals surface area contributed by atoms with Gasteiger partial charge < -0.3 is 5.11 Å². The number of nitrogens with zero attached hydrogens (tertiary/aromatic N) is 3. The highest BCUT2D eigenvalue weighted by Gasteiger charge is 2.38. The van der Waals surface area contributed by atoms with Crippen LogP contribution >= 0.6 is 22.7 Å². The highest BCUT2D eigenvalue weighted by molar-refractivity contribution is 7.20. The number of carboxylic acid groups (broad SMARTS) is 1. The number of benzene rings is 1. The van der Waals surface area contributed by atoms with Gasteiger partial charge >= 0.3 is 12.1 Å². The van der Waals surface area contributed by atoms with E-state index in [4.69, 9.17) is 9.90 Å². The lowest BCUT2D eigenvalue weighted by Crippen LogP contribution is -2.21. The number of thiazole rings is 2. The average Bonchev–Trinajstić information content (AvgIpc) is 3.35. The maximum Gasteiger partial charge on any atom is 0.490 e. The minimum Gasteiger partial charge on any atom is -0.475 e. The van der Waals surface area contributed by atoms with Crippen molar-refractivity contribution < 1.29 is 27.9 Å². The van der Waals surface area contributed by atoms with Crippen LogP contribution in [0.15, 0.2) is 54.2 Å². The molecule has 12 heteroatoms. The summed E-state index contributed by atoms with van der Waals surface area (Å²) in [6.45, 7) is 0. The summed E-state index contributed by atoms with van der Waals surface area (Å²) in [5.74, 6) is -2.99. The monoisotopic (exact) mass is 452 g/mol. The van der Waals surface area contributed by atoms with Gasteiger partial charge in [-0.25, -0.2) is 14.8 Å². The molecule has 4 aromatic rings. The lowest BCUT2D eigenvalue weighted by molar-refractivity contribution is -0.192. The minimum atomic E-state index is -5.08. The van der Waals surface area contributed by atoms with Crippen molar-refractivity contribution in [2.24, 2.45) is 0 Å². The molecule has 0 bridgehead atoms. The zero-order valence-corrected chi connectivity index (χ0v) is 16.4. The van der Waals surface area contributed by atoms with Crippen LogP contribution in [0.25, 0.3) is 21.5 Å². The number of aliphatic carboxylic acids is 1. The van der Waals surface area contributed by atoms with E-state index in [0.29, 0.717) is 10.1 Å². The van der Waals surface area contributed by atoms with Gasteiger partial charge in [0.15, 0.2) is 10.1 Å². The van der Waals surface area contributed by atoms with Gasteiger partial charge in [-0.15, -0.1) is 22.7 Å². The number of aromatic nitrogens is 3. The molecular weight excluding hydrogens is 441 g/mol. The molecule has 0 fully saturated rings. The number of nitrogens with one attached hydrogen (secondary N) is 1. The van der Waals surface area contributed by atoms with Crippen LogP contribution in [0.4, 0.5) is 18.3 Å². The summed E-state index contributed by atoms with van der Waals surface area (Å²) in [6.07, 6.45) is -1.65. The number of fused-ring (bicyclic) bond motifs is 1. The van der Waals surface area contributed by atoms with E-state index >= 15 is 0 Å². The number of amides is 1. The molecule has 1 aromatic carbocycles. The van der Waals surface area contributed by atoms with Crippen LogP contribution in [0.2, 0.25) is 0 Å².